The van der Waals surface area contributed by atoms with Crippen molar-refractivity contribution < 1.29 is 18.7 Å². The lowest BCUT2D eigenvalue weighted by atomic mass is 10.3. The molecule has 0 aliphatic heterocycles. The fourth-order valence-electron chi connectivity index (χ4n) is 1.49. The van der Waals surface area contributed by atoms with Gasteiger partial charge >= 0.3 is 5.97 Å². The second kappa shape index (κ2) is 6.69. The second-order valence-electron chi connectivity index (χ2n) is 4.14. The Morgan fingerprint density at radius 1 is 1.38 bits per heavy atom. The van der Waals surface area contributed by atoms with Gasteiger partial charge in [0.05, 0.1) is 10.7 Å². The van der Waals surface area contributed by atoms with Gasteiger partial charge < -0.3 is 10.1 Å². The molecule has 2 rings (SSSR count). The molecular weight excluding hydrogens is 317 g/mol. The zero-order valence-corrected chi connectivity index (χ0v) is 12.5. The highest BCUT2D eigenvalue weighted by atomic mass is 35.5. The van der Waals surface area contributed by atoms with Crippen molar-refractivity contribution in [2.75, 3.05) is 5.32 Å². The number of carbonyl (C=O) groups excluding carboxylic acids is 2. The standard InChI is InChI=1S/C14H11ClFNO3S/c1-8(20-14(19)12-3-2-6-21-12)13(18)17-11-5-4-9(16)7-10(11)15/h2-8H,1H3,(H,17,18)/t8-/m1/s1. The number of esters is 1. The number of anilines is 1. The van der Waals surface area contributed by atoms with E-state index in [0.29, 0.717) is 4.88 Å². The van der Waals surface area contributed by atoms with Crippen molar-refractivity contribution in [3.8, 4) is 0 Å². The van der Waals surface area contributed by atoms with Crippen LogP contribution in [0.5, 0.6) is 0 Å². The highest BCUT2D eigenvalue weighted by molar-refractivity contribution is 7.11. The Morgan fingerprint density at radius 3 is 2.76 bits per heavy atom. The molecule has 0 aliphatic rings. The van der Waals surface area contributed by atoms with E-state index in [9.17, 15) is 14.0 Å². The summed E-state index contributed by atoms with van der Waals surface area (Å²) in [5.41, 5.74) is 0.252. The summed E-state index contributed by atoms with van der Waals surface area (Å²) in [5, 5.41) is 4.28. The van der Waals surface area contributed by atoms with Crippen LogP contribution in [0.25, 0.3) is 0 Å². The van der Waals surface area contributed by atoms with Crippen molar-refractivity contribution in [1.29, 1.82) is 0 Å². The molecule has 1 amide bonds. The van der Waals surface area contributed by atoms with Gasteiger partial charge in [-0.15, -0.1) is 11.3 Å². The lowest BCUT2D eigenvalue weighted by Crippen LogP contribution is -2.29. The molecule has 0 radical (unpaired) electrons. The zero-order valence-electron chi connectivity index (χ0n) is 10.9. The van der Waals surface area contributed by atoms with Crippen molar-refractivity contribution in [2.24, 2.45) is 0 Å². The third kappa shape index (κ3) is 4.03. The first-order valence-electron chi connectivity index (χ1n) is 5.98. The number of amides is 1. The van der Waals surface area contributed by atoms with Crippen molar-refractivity contribution >= 4 is 40.5 Å². The maximum Gasteiger partial charge on any atom is 0.349 e. The molecule has 0 unspecified atom stereocenters. The summed E-state index contributed by atoms with van der Waals surface area (Å²) < 4.78 is 17.9. The zero-order chi connectivity index (χ0) is 15.4. The molecule has 1 aromatic carbocycles. The van der Waals surface area contributed by atoms with E-state index < -0.39 is 23.8 Å². The van der Waals surface area contributed by atoms with E-state index in [1.54, 1.807) is 17.5 Å². The molecule has 1 heterocycles. The van der Waals surface area contributed by atoms with Gasteiger partial charge in [-0.3, -0.25) is 4.79 Å². The van der Waals surface area contributed by atoms with Crippen molar-refractivity contribution in [3.05, 3.63) is 51.4 Å². The normalized spacial score (nSPS) is 11.8. The molecule has 110 valence electrons. The largest absolute Gasteiger partial charge is 0.448 e. The van der Waals surface area contributed by atoms with Gasteiger partial charge in [-0.25, -0.2) is 9.18 Å². The van der Waals surface area contributed by atoms with Gasteiger partial charge in [0.1, 0.15) is 10.7 Å². The molecule has 0 saturated carbocycles. The van der Waals surface area contributed by atoms with Gasteiger partial charge in [0.25, 0.3) is 5.91 Å². The molecule has 21 heavy (non-hydrogen) atoms. The molecule has 0 spiro atoms. The summed E-state index contributed by atoms with van der Waals surface area (Å²) in [7, 11) is 0. The summed E-state index contributed by atoms with van der Waals surface area (Å²) in [6.07, 6.45) is -0.999. The number of rotatable bonds is 4. The van der Waals surface area contributed by atoms with Gasteiger partial charge in [-0.2, -0.15) is 0 Å². The van der Waals surface area contributed by atoms with E-state index in [-0.39, 0.29) is 10.7 Å². The first-order valence-corrected chi connectivity index (χ1v) is 7.23. The van der Waals surface area contributed by atoms with E-state index in [0.717, 1.165) is 6.07 Å². The molecule has 4 nitrogen and oxygen atoms in total. The monoisotopic (exact) mass is 327 g/mol. The molecular formula is C14H11ClFNO3S. The Balaban J connectivity index is 1.98. The molecule has 1 aromatic heterocycles. The fourth-order valence-corrected chi connectivity index (χ4v) is 2.31. The molecule has 1 atom stereocenters. The third-order valence-corrected chi connectivity index (χ3v) is 3.73. The molecule has 1 N–H and O–H groups in total. The number of benzene rings is 1. The number of halogens is 2. The minimum Gasteiger partial charge on any atom is -0.448 e. The van der Waals surface area contributed by atoms with Crippen LogP contribution in [0, 0.1) is 5.82 Å². The van der Waals surface area contributed by atoms with Crippen LogP contribution in [0.4, 0.5) is 10.1 Å². The minimum atomic E-state index is -0.999. The summed E-state index contributed by atoms with van der Waals surface area (Å²) in [5.74, 6) is -1.62. The predicted molar refractivity (Wildman–Crippen MR) is 79.2 cm³/mol. The quantitative estimate of drug-likeness (QED) is 0.871. The van der Waals surface area contributed by atoms with E-state index in [1.807, 2.05) is 0 Å². The first kappa shape index (κ1) is 15.5. The van der Waals surface area contributed by atoms with Gasteiger partial charge in [0, 0.05) is 0 Å². The highest BCUT2D eigenvalue weighted by Crippen LogP contribution is 2.22. The summed E-state index contributed by atoms with van der Waals surface area (Å²) in [4.78, 5) is 24.0. The lowest BCUT2D eigenvalue weighted by Gasteiger charge is -2.13. The van der Waals surface area contributed by atoms with Crippen molar-refractivity contribution in [2.45, 2.75) is 13.0 Å². The Hall–Kier alpha value is -1.92. The molecule has 2 aromatic rings. The minimum absolute atomic E-state index is 0.0696. The number of hydrogen-bond donors (Lipinski definition) is 1. The Bertz CT molecular complexity index is 660. The molecule has 0 fully saturated rings. The lowest BCUT2D eigenvalue weighted by molar-refractivity contribution is -0.123. The molecule has 0 saturated heterocycles. The maximum atomic E-state index is 12.9. The molecule has 0 aliphatic carbocycles. The average molecular weight is 328 g/mol. The highest BCUT2D eigenvalue weighted by Gasteiger charge is 2.20. The van der Waals surface area contributed by atoms with Crippen molar-refractivity contribution in [3.63, 3.8) is 0 Å². The Morgan fingerprint density at radius 2 is 2.14 bits per heavy atom. The van der Waals surface area contributed by atoms with E-state index >= 15 is 0 Å². The SMILES string of the molecule is C[C@@H](OC(=O)c1cccs1)C(=O)Nc1ccc(F)cc1Cl. The van der Waals surface area contributed by atoms with Gasteiger partial charge in [0.2, 0.25) is 0 Å². The molecule has 0 bridgehead atoms. The second-order valence-corrected chi connectivity index (χ2v) is 5.49. The van der Waals surface area contributed by atoms with Crippen LogP contribution in [0.1, 0.15) is 16.6 Å². The van der Waals surface area contributed by atoms with Crippen LogP contribution in [0.15, 0.2) is 35.7 Å². The van der Waals surface area contributed by atoms with Crippen LogP contribution >= 0.6 is 22.9 Å². The van der Waals surface area contributed by atoms with Crippen LogP contribution in [0.2, 0.25) is 5.02 Å². The van der Waals surface area contributed by atoms with Gasteiger partial charge in [0.15, 0.2) is 6.10 Å². The van der Waals surface area contributed by atoms with Crippen LogP contribution in [-0.4, -0.2) is 18.0 Å². The van der Waals surface area contributed by atoms with E-state index in [2.05, 4.69) is 5.32 Å². The number of thiophene rings is 1. The van der Waals surface area contributed by atoms with Gasteiger partial charge in [-0.05, 0) is 36.6 Å². The first-order chi connectivity index (χ1) is 9.97. The number of carbonyl (C=O) groups is 2. The Kier molecular flexibility index (Phi) is 4.93. The number of nitrogens with one attached hydrogen (secondary N) is 1. The van der Waals surface area contributed by atoms with Crippen LogP contribution in [0.3, 0.4) is 0 Å². The maximum absolute atomic E-state index is 12.9. The number of hydrogen-bond acceptors (Lipinski definition) is 4. The van der Waals surface area contributed by atoms with Crippen molar-refractivity contribution in [1.82, 2.24) is 0 Å². The third-order valence-electron chi connectivity index (χ3n) is 2.56. The summed E-state index contributed by atoms with van der Waals surface area (Å²) in [6.45, 7) is 1.44. The summed E-state index contributed by atoms with van der Waals surface area (Å²) >= 11 is 7.03. The van der Waals surface area contributed by atoms with E-state index in [4.69, 9.17) is 16.3 Å². The average Bonchev–Trinajstić information content (AvgIpc) is 2.95. The molecule has 7 heteroatoms. The fraction of sp³-hybridized carbons (Fsp3) is 0.143. The van der Waals surface area contributed by atoms with Crippen LogP contribution < -0.4 is 5.32 Å². The van der Waals surface area contributed by atoms with Crippen LogP contribution in [-0.2, 0) is 9.53 Å². The summed E-state index contributed by atoms with van der Waals surface area (Å²) in [6, 6.07) is 6.91. The van der Waals surface area contributed by atoms with E-state index in [1.165, 1.54) is 30.4 Å². The van der Waals surface area contributed by atoms with Gasteiger partial charge in [-0.1, -0.05) is 17.7 Å². The number of ether oxygens (including phenoxy) is 1. The smallest absolute Gasteiger partial charge is 0.349 e. The topological polar surface area (TPSA) is 55.4 Å². The Labute approximate surface area is 129 Å². The predicted octanol–water partition coefficient (Wildman–Crippen LogP) is 3.72.